The molecule has 3 nitrogen and oxygen atoms in total. The number of halogens is 1. The molecular formula is C21H29FO3S. The number of aliphatic hydroxyl groups is 1. The SMILES string of the molecule is CSCOC1CC[C@H]2[C@@H]3CCC4=CC(=O)C=C[C@]4(C)C3(F)C(O)C[C@]12C. The van der Waals surface area contributed by atoms with E-state index in [4.69, 9.17) is 4.74 Å². The molecule has 0 heterocycles. The van der Waals surface area contributed by atoms with Crippen molar-refractivity contribution < 1.29 is 19.0 Å². The summed E-state index contributed by atoms with van der Waals surface area (Å²) in [4.78, 5) is 11.8. The summed E-state index contributed by atoms with van der Waals surface area (Å²) in [6, 6.07) is 0. The Balaban J connectivity index is 1.72. The van der Waals surface area contributed by atoms with Gasteiger partial charge in [-0.05, 0) is 68.8 Å². The maximum absolute atomic E-state index is 16.7. The standard InChI is InChI=1S/C21H29FO3S/c1-19-11-17(24)21(22)16(15(19)6-7-18(19)25-12-26-3)5-4-13-10-14(23)8-9-20(13,21)2/h8-10,15-18,24H,4-7,11-12H2,1-3H3/t15-,16-,17?,18?,19-,20-,21?/m0/s1. The van der Waals surface area contributed by atoms with Crippen molar-refractivity contribution in [3.05, 3.63) is 23.8 Å². The molecule has 26 heavy (non-hydrogen) atoms. The van der Waals surface area contributed by atoms with E-state index in [-0.39, 0.29) is 29.1 Å². The fraction of sp³-hybridized carbons (Fsp3) is 0.762. The third-order valence-corrected chi connectivity index (χ3v) is 8.31. The van der Waals surface area contributed by atoms with Gasteiger partial charge in [-0.2, -0.15) is 0 Å². The van der Waals surface area contributed by atoms with E-state index in [0.717, 1.165) is 24.8 Å². The number of fused-ring (bicyclic) bond motifs is 5. The summed E-state index contributed by atoms with van der Waals surface area (Å²) >= 11 is 1.66. The summed E-state index contributed by atoms with van der Waals surface area (Å²) in [5.41, 5.74) is -1.93. The maximum Gasteiger partial charge on any atom is 0.178 e. The number of rotatable bonds is 3. The molecule has 144 valence electrons. The second-order valence-corrected chi connectivity index (χ2v) is 9.81. The molecule has 0 saturated heterocycles. The summed E-state index contributed by atoms with van der Waals surface area (Å²) in [7, 11) is 0. The molecule has 4 rings (SSSR count). The number of allylic oxidation sites excluding steroid dienone is 4. The zero-order chi connectivity index (χ0) is 18.7. The Labute approximate surface area is 159 Å². The molecule has 0 spiro atoms. The first kappa shape index (κ1) is 18.7. The van der Waals surface area contributed by atoms with Gasteiger partial charge in [0.05, 0.1) is 18.1 Å². The Kier molecular flexibility index (Phi) is 4.44. The molecule has 0 aromatic rings. The number of hydrogen-bond acceptors (Lipinski definition) is 4. The van der Waals surface area contributed by atoms with Crippen molar-refractivity contribution in [1.29, 1.82) is 0 Å². The Bertz CT molecular complexity index is 676. The van der Waals surface area contributed by atoms with E-state index >= 15 is 4.39 Å². The first-order valence-electron chi connectivity index (χ1n) is 9.69. The molecule has 3 saturated carbocycles. The highest BCUT2D eigenvalue weighted by Crippen LogP contribution is 2.68. The fourth-order valence-corrected chi connectivity index (χ4v) is 6.89. The average Bonchev–Trinajstić information content (AvgIpc) is 2.91. The van der Waals surface area contributed by atoms with Crippen LogP contribution in [0, 0.1) is 22.7 Å². The minimum absolute atomic E-state index is 0.0685. The molecule has 7 atom stereocenters. The van der Waals surface area contributed by atoms with Crippen LogP contribution in [0.3, 0.4) is 0 Å². The van der Waals surface area contributed by atoms with Crippen LogP contribution >= 0.6 is 11.8 Å². The minimum Gasteiger partial charge on any atom is -0.390 e. The van der Waals surface area contributed by atoms with Gasteiger partial charge in [0.15, 0.2) is 11.5 Å². The lowest BCUT2D eigenvalue weighted by atomic mass is 9.46. The van der Waals surface area contributed by atoms with Crippen LogP contribution in [0.1, 0.15) is 46.0 Å². The molecule has 0 amide bonds. The van der Waals surface area contributed by atoms with Crippen LogP contribution in [0.25, 0.3) is 0 Å². The smallest absolute Gasteiger partial charge is 0.178 e. The number of thioether (sulfide) groups is 1. The average molecular weight is 381 g/mol. The van der Waals surface area contributed by atoms with Crippen molar-refractivity contribution in [3.8, 4) is 0 Å². The van der Waals surface area contributed by atoms with E-state index < -0.39 is 17.2 Å². The van der Waals surface area contributed by atoms with Crippen LogP contribution < -0.4 is 0 Å². The second kappa shape index (κ2) is 6.18. The largest absolute Gasteiger partial charge is 0.390 e. The molecule has 0 aliphatic heterocycles. The Morgan fingerprint density at radius 3 is 2.81 bits per heavy atom. The summed E-state index contributed by atoms with van der Waals surface area (Å²) < 4.78 is 22.8. The lowest BCUT2D eigenvalue weighted by molar-refractivity contribution is -0.203. The predicted molar refractivity (Wildman–Crippen MR) is 102 cm³/mol. The number of hydrogen-bond donors (Lipinski definition) is 1. The summed E-state index contributed by atoms with van der Waals surface area (Å²) in [5.74, 6) is 0.594. The monoisotopic (exact) mass is 380 g/mol. The van der Waals surface area contributed by atoms with Gasteiger partial charge < -0.3 is 9.84 Å². The number of carbonyl (C=O) groups is 1. The molecule has 0 radical (unpaired) electrons. The minimum atomic E-state index is -1.72. The van der Waals surface area contributed by atoms with Gasteiger partial charge in [-0.3, -0.25) is 4.79 Å². The van der Waals surface area contributed by atoms with Gasteiger partial charge in [-0.15, -0.1) is 11.8 Å². The van der Waals surface area contributed by atoms with Gasteiger partial charge in [-0.1, -0.05) is 18.6 Å². The Hall–Kier alpha value is -0.650. The zero-order valence-electron chi connectivity index (χ0n) is 15.8. The van der Waals surface area contributed by atoms with Crippen LogP contribution in [0.15, 0.2) is 23.8 Å². The highest BCUT2D eigenvalue weighted by Gasteiger charge is 2.70. The van der Waals surface area contributed by atoms with Gasteiger partial charge in [0, 0.05) is 11.3 Å². The van der Waals surface area contributed by atoms with Crippen LogP contribution in [0.4, 0.5) is 4.39 Å². The molecular weight excluding hydrogens is 351 g/mol. The van der Waals surface area contributed by atoms with Crippen molar-refractivity contribution >= 4 is 17.5 Å². The highest BCUT2D eigenvalue weighted by molar-refractivity contribution is 7.98. The molecule has 0 aromatic heterocycles. The van der Waals surface area contributed by atoms with Crippen molar-refractivity contribution in [3.63, 3.8) is 0 Å². The van der Waals surface area contributed by atoms with Gasteiger partial charge >= 0.3 is 0 Å². The van der Waals surface area contributed by atoms with Crippen LogP contribution in [0.5, 0.6) is 0 Å². The predicted octanol–water partition coefficient (Wildman–Crippen LogP) is 4.06. The summed E-state index contributed by atoms with van der Waals surface area (Å²) in [6.45, 7) is 4.06. The van der Waals surface area contributed by atoms with Gasteiger partial charge in [0.1, 0.15) is 0 Å². The topological polar surface area (TPSA) is 46.5 Å². The van der Waals surface area contributed by atoms with Gasteiger partial charge in [0.25, 0.3) is 0 Å². The first-order chi connectivity index (χ1) is 12.3. The number of alkyl halides is 1. The van der Waals surface area contributed by atoms with E-state index in [2.05, 4.69) is 6.92 Å². The number of carbonyl (C=O) groups excluding carboxylic acids is 1. The van der Waals surface area contributed by atoms with E-state index in [0.29, 0.717) is 18.8 Å². The second-order valence-electron chi connectivity index (χ2n) is 8.99. The molecule has 5 heteroatoms. The molecule has 4 aliphatic rings. The zero-order valence-corrected chi connectivity index (χ0v) is 16.7. The van der Waals surface area contributed by atoms with E-state index in [1.807, 2.05) is 13.2 Å². The normalized spacial score (nSPS) is 50.0. The van der Waals surface area contributed by atoms with E-state index in [1.165, 1.54) is 6.08 Å². The maximum atomic E-state index is 16.7. The van der Waals surface area contributed by atoms with E-state index in [1.54, 1.807) is 23.9 Å². The van der Waals surface area contributed by atoms with Crippen molar-refractivity contribution in [2.24, 2.45) is 22.7 Å². The number of aliphatic hydroxyl groups excluding tert-OH is 1. The van der Waals surface area contributed by atoms with Crippen LogP contribution in [0.2, 0.25) is 0 Å². The molecule has 3 fully saturated rings. The van der Waals surface area contributed by atoms with Crippen molar-refractivity contribution in [1.82, 2.24) is 0 Å². The van der Waals surface area contributed by atoms with E-state index in [9.17, 15) is 9.90 Å². The summed E-state index contributed by atoms with van der Waals surface area (Å²) in [6.07, 6.45) is 9.61. The van der Waals surface area contributed by atoms with Crippen molar-refractivity contribution in [2.45, 2.75) is 63.8 Å². The van der Waals surface area contributed by atoms with Crippen molar-refractivity contribution in [2.75, 3.05) is 12.2 Å². The molecule has 3 unspecified atom stereocenters. The lowest BCUT2D eigenvalue weighted by Crippen LogP contribution is -2.67. The summed E-state index contributed by atoms with van der Waals surface area (Å²) in [5, 5.41) is 11.1. The van der Waals surface area contributed by atoms with Gasteiger partial charge in [-0.25, -0.2) is 4.39 Å². The fourth-order valence-electron chi connectivity index (χ4n) is 6.59. The molecule has 1 N–H and O–H groups in total. The van der Waals surface area contributed by atoms with Gasteiger partial charge in [0.2, 0.25) is 0 Å². The third-order valence-electron chi connectivity index (χ3n) is 7.94. The molecule has 4 aliphatic carbocycles. The first-order valence-corrected chi connectivity index (χ1v) is 11.1. The van der Waals surface area contributed by atoms with Crippen LogP contribution in [-0.2, 0) is 9.53 Å². The Morgan fingerprint density at radius 2 is 2.08 bits per heavy atom. The number of ether oxygens (including phenoxy) is 1. The third kappa shape index (κ3) is 2.29. The van der Waals surface area contributed by atoms with Crippen LogP contribution in [-0.4, -0.2) is 41.0 Å². The molecule has 0 aromatic carbocycles. The highest BCUT2D eigenvalue weighted by atomic mass is 32.2. The lowest BCUT2D eigenvalue weighted by Gasteiger charge is -2.61. The number of ketones is 1. The quantitative estimate of drug-likeness (QED) is 0.750. The molecule has 0 bridgehead atoms. The Morgan fingerprint density at radius 1 is 1.31 bits per heavy atom.